The number of thioether (sulfide) groups is 1. The fourth-order valence-electron chi connectivity index (χ4n) is 1.92. The third kappa shape index (κ3) is 4.01. The molecule has 0 saturated carbocycles. The minimum atomic E-state index is -0.936. The maximum atomic E-state index is 12.5. The van der Waals surface area contributed by atoms with Crippen LogP contribution in [-0.4, -0.2) is 70.9 Å². The summed E-state index contributed by atoms with van der Waals surface area (Å²) in [4.78, 5) is 26.8. The lowest BCUT2D eigenvalue weighted by atomic mass is 10.2. The minimum absolute atomic E-state index is 0.0719. The van der Waals surface area contributed by atoms with Gasteiger partial charge in [0.05, 0.1) is 12.5 Å². The number of methoxy groups -OCH3 is 1. The van der Waals surface area contributed by atoms with Gasteiger partial charge in [0.25, 0.3) is 0 Å². The molecule has 7 heteroatoms. The fourth-order valence-corrected chi connectivity index (χ4v) is 3.05. The zero-order chi connectivity index (χ0) is 14.4. The molecule has 2 amide bonds. The molecular weight excluding hydrogens is 268 g/mol. The quantitative estimate of drug-likeness (QED) is 0.799. The average molecular weight is 290 g/mol. The van der Waals surface area contributed by atoms with Crippen LogP contribution in [-0.2, 0) is 9.53 Å². The zero-order valence-electron chi connectivity index (χ0n) is 11.7. The largest absolute Gasteiger partial charge is 0.480 e. The van der Waals surface area contributed by atoms with E-state index in [4.69, 9.17) is 9.84 Å². The van der Waals surface area contributed by atoms with Gasteiger partial charge in [-0.25, -0.2) is 9.59 Å². The van der Waals surface area contributed by atoms with E-state index in [1.165, 1.54) is 16.7 Å². The van der Waals surface area contributed by atoms with Crippen molar-refractivity contribution in [2.24, 2.45) is 0 Å². The van der Waals surface area contributed by atoms with Crippen molar-refractivity contribution in [2.75, 3.05) is 31.9 Å². The molecule has 2 atom stereocenters. The number of carbonyl (C=O) groups is 2. The number of hydrogen-bond donors (Lipinski definition) is 1. The number of carbonyl (C=O) groups excluding carboxylic acids is 1. The first-order valence-corrected chi connectivity index (χ1v) is 7.55. The highest BCUT2D eigenvalue weighted by molar-refractivity contribution is 7.99. The number of amides is 2. The van der Waals surface area contributed by atoms with Crippen LogP contribution in [0, 0.1) is 0 Å². The Balaban J connectivity index is 2.77. The molecule has 0 aromatic rings. The summed E-state index contributed by atoms with van der Waals surface area (Å²) in [5.41, 5.74) is 0. The van der Waals surface area contributed by atoms with Crippen molar-refractivity contribution in [1.29, 1.82) is 0 Å². The summed E-state index contributed by atoms with van der Waals surface area (Å²) in [6.45, 7) is 4.91. The van der Waals surface area contributed by atoms with Crippen molar-refractivity contribution in [2.45, 2.75) is 32.4 Å². The molecule has 0 radical (unpaired) electrons. The van der Waals surface area contributed by atoms with Crippen LogP contribution in [0.15, 0.2) is 0 Å². The average Bonchev–Trinajstić information content (AvgIpc) is 2.87. The first-order valence-electron chi connectivity index (χ1n) is 6.39. The minimum Gasteiger partial charge on any atom is -0.480 e. The van der Waals surface area contributed by atoms with E-state index in [2.05, 4.69) is 0 Å². The Labute approximate surface area is 118 Å². The molecule has 1 N–H and O–H groups in total. The van der Waals surface area contributed by atoms with Crippen molar-refractivity contribution in [3.63, 3.8) is 0 Å². The lowest BCUT2D eigenvalue weighted by Crippen LogP contribution is -2.52. The van der Waals surface area contributed by atoms with Gasteiger partial charge in [0.15, 0.2) is 0 Å². The normalized spacial score (nSPS) is 20.4. The highest BCUT2D eigenvalue weighted by Crippen LogP contribution is 2.23. The van der Waals surface area contributed by atoms with Gasteiger partial charge in [-0.2, -0.15) is 0 Å². The standard InChI is InChI=1S/C12H22N2O4S/c1-4-9(2)13(5-6-18-3)12(17)14-8-19-7-10(14)11(15)16/h9-10H,4-8H2,1-3H3,(H,15,16). The summed E-state index contributed by atoms with van der Waals surface area (Å²) < 4.78 is 5.02. The lowest BCUT2D eigenvalue weighted by Gasteiger charge is -2.33. The Kier molecular flexibility index (Phi) is 6.44. The zero-order valence-corrected chi connectivity index (χ0v) is 12.5. The first kappa shape index (κ1) is 16.1. The number of carboxylic acid groups (broad SMARTS) is 1. The molecule has 1 rings (SSSR count). The Morgan fingerprint density at radius 2 is 2.26 bits per heavy atom. The van der Waals surface area contributed by atoms with E-state index >= 15 is 0 Å². The van der Waals surface area contributed by atoms with Crippen molar-refractivity contribution in [1.82, 2.24) is 9.80 Å². The van der Waals surface area contributed by atoms with E-state index in [0.717, 1.165) is 6.42 Å². The maximum Gasteiger partial charge on any atom is 0.327 e. The van der Waals surface area contributed by atoms with Crippen LogP contribution < -0.4 is 0 Å². The van der Waals surface area contributed by atoms with Crippen molar-refractivity contribution in [3.05, 3.63) is 0 Å². The second-order valence-electron chi connectivity index (χ2n) is 4.55. The van der Waals surface area contributed by atoms with Crippen LogP contribution in [0.25, 0.3) is 0 Å². The Bertz CT molecular complexity index is 327. The van der Waals surface area contributed by atoms with Gasteiger partial charge < -0.3 is 19.6 Å². The van der Waals surface area contributed by atoms with Gasteiger partial charge in [0.2, 0.25) is 0 Å². The molecule has 1 fully saturated rings. The molecule has 2 unspecified atom stereocenters. The Morgan fingerprint density at radius 1 is 1.58 bits per heavy atom. The van der Waals surface area contributed by atoms with Crippen molar-refractivity contribution in [3.8, 4) is 0 Å². The third-order valence-electron chi connectivity index (χ3n) is 3.32. The molecule has 1 aliphatic heterocycles. The number of ether oxygens (including phenoxy) is 1. The molecule has 0 aromatic carbocycles. The Hall–Kier alpha value is -0.950. The van der Waals surface area contributed by atoms with Crippen LogP contribution in [0.4, 0.5) is 4.79 Å². The number of carboxylic acids is 1. The maximum absolute atomic E-state index is 12.5. The summed E-state index contributed by atoms with van der Waals surface area (Å²) >= 11 is 1.47. The molecule has 6 nitrogen and oxygen atoms in total. The summed E-state index contributed by atoms with van der Waals surface area (Å²) in [7, 11) is 1.59. The SMILES string of the molecule is CCC(C)N(CCOC)C(=O)N1CSCC1C(=O)O. The summed E-state index contributed by atoms with van der Waals surface area (Å²) in [5.74, 6) is -0.0377. The van der Waals surface area contributed by atoms with Crippen LogP contribution in [0.5, 0.6) is 0 Å². The molecule has 1 aliphatic rings. The van der Waals surface area contributed by atoms with Crippen LogP contribution in [0.3, 0.4) is 0 Å². The molecule has 0 aliphatic carbocycles. The van der Waals surface area contributed by atoms with Crippen molar-refractivity contribution >= 4 is 23.8 Å². The summed E-state index contributed by atoms with van der Waals surface area (Å²) in [6, 6.07) is -0.849. The van der Waals surface area contributed by atoms with Crippen LogP contribution >= 0.6 is 11.8 Å². The Morgan fingerprint density at radius 3 is 2.79 bits per heavy atom. The van der Waals surface area contributed by atoms with Gasteiger partial charge in [0.1, 0.15) is 6.04 Å². The van der Waals surface area contributed by atoms with E-state index in [1.807, 2.05) is 13.8 Å². The van der Waals surface area contributed by atoms with Gasteiger partial charge >= 0.3 is 12.0 Å². The predicted octanol–water partition coefficient (Wildman–Crippen LogP) is 1.31. The smallest absolute Gasteiger partial charge is 0.327 e. The molecule has 0 aromatic heterocycles. The predicted molar refractivity (Wildman–Crippen MR) is 74.3 cm³/mol. The van der Waals surface area contributed by atoms with E-state index in [-0.39, 0.29) is 12.1 Å². The highest BCUT2D eigenvalue weighted by Gasteiger charge is 2.37. The monoisotopic (exact) mass is 290 g/mol. The molecule has 110 valence electrons. The molecule has 1 saturated heterocycles. The molecular formula is C12H22N2O4S. The van der Waals surface area contributed by atoms with Gasteiger partial charge in [0, 0.05) is 25.4 Å². The number of rotatable bonds is 6. The number of nitrogens with zero attached hydrogens (tertiary/aromatic N) is 2. The van der Waals surface area contributed by atoms with Gasteiger partial charge in [-0.3, -0.25) is 0 Å². The van der Waals surface area contributed by atoms with E-state index < -0.39 is 12.0 Å². The molecule has 1 heterocycles. The number of hydrogen-bond acceptors (Lipinski definition) is 4. The van der Waals surface area contributed by atoms with Gasteiger partial charge in [-0.1, -0.05) is 6.92 Å². The third-order valence-corrected chi connectivity index (χ3v) is 4.33. The first-order chi connectivity index (χ1) is 9.02. The molecule has 0 bridgehead atoms. The highest BCUT2D eigenvalue weighted by atomic mass is 32.2. The molecule has 19 heavy (non-hydrogen) atoms. The fraction of sp³-hybridized carbons (Fsp3) is 0.833. The van der Waals surface area contributed by atoms with Gasteiger partial charge in [-0.05, 0) is 13.3 Å². The van der Waals surface area contributed by atoms with E-state index in [9.17, 15) is 9.59 Å². The van der Waals surface area contributed by atoms with E-state index in [0.29, 0.717) is 24.8 Å². The van der Waals surface area contributed by atoms with E-state index in [1.54, 1.807) is 12.0 Å². The lowest BCUT2D eigenvalue weighted by molar-refractivity contribution is -0.141. The molecule has 0 spiro atoms. The second-order valence-corrected chi connectivity index (χ2v) is 5.55. The van der Waals surface area contributed by atoms with Gasteiger partial charge in [-0.15, -0.1) is 11.8 Å². The number of urea groups is 1. The number of aliphatic carboxylic acids is 1. The topological polar surface area (TPSA) is 70.1 Å². The van der Waals surface area contributed by atoms with Crippen molar-refractivity contribution < 1.29 is 19.4 Å². The second kappa shape index (κ2) is 7.59. The van der Waals surface area contributed by atoms with Crippen LogP contribution in [0.2, 0.25) is 0 Å². The summed E-state index contributed by atoms with van der Waals surface area (Å²) in [5, 5.41) is 9.14. The summed E-state index contributed by atoms with van der Waals surface area (Å²) in [6.07, 6.45) is 0.828. The van der Waals surface area contributed by atoms with Crippen LogP contribution in [0.1, 0.15) is 20.3 Å².